The van der Waals surface area contributed by atoms with Crippen LogP contribution in [0.4, 0.5) is 0 Å². The van der Waals surface area contributed by atoms with E-state index in [0.29, 0.717) is 0 Å². The molecule has 0 unspecified atom stereocenters. The van der Waals surface area contributed by atoms with E-state index in [1.165, 1.54) is 0 Å². The van der Waals surface area contributed by atoms with Gasteiger partial charge in [0, 0.05) is 41.7 Å². The van der Waals surface area contributed by atoms with Crippen molar-refractivity contribution in [2.75, 3.05) is 0 Å². The first-order valence-electron chi connectivity index (χ1n) is 1.53. The molecule has 12 heteroatoms. The van der Waals surface area contributed by atoms with Gasteiger partial charge in [0.25, 0.3) is 0 Å². The molecule has 0 aromatic rings. The zero-order valence-electron chi connectivity index (χ0n) is 5.41. The summed E-state index contributed by atoms with van der Waals surface area (Å²) in [7, 11) is -10.1. The Bertz CT molecular complexity index is 153. The van der Waals surface area contributed by atoms with E-state index in [4.69, 9.17) is 19.6 Å². The first-order chi connectivity index (χ1) is 3.71. The quantitative estimate of drug-likeness (QED) is 0.396. The van der Waals surface area contributed by atoms with Gasteiger partial charge in [-0.05, 0) is 0 Å². The Kier molecular flexibility index (Phi) is 15.4. The summed E-state index contributed by atoms with van der Waals surface area (Å²) in [6, 6.07) is 0. The fraction of sp³-hybridized carbons (Fsp3) is 0. The molecular formula is H8CeO9P2. The van der Waals surface area contributed by atoms with Crippen LogP contribution in [0.15, 0.2) is 0 Å². The van der Waals surface area contributed by atoms with Crippen LogP contribution in [-0.2, 0) is 13.4 Å². The van der Waals surface area contributed by atoms with Crippen molar-refractivity contribution >= 4 is 15.6 Å². The van der Waals surface area contributed by atoms with E-state index in [1.807, 2.05) is 0 Å². The van der Waals surface area contributed by atoms with Crippen molar-refractivity contribution in [2.24, 2.45) is 0 Å². The maximum absolute atomic E-state index is 9.63. The predicted molar refractivity (Wildman–Crippen MR) is 32.4 cm³/mol. The van der Waals surface area contributed by atoms with E-state index >= 15 is 0 Å². The van der Waals surface area contributed by atoms with Gasteiger partial charge in [0.2, 0.25) is 0 Å². The minimum absolute atomic E-state index is 0. The molecule has 0 radical (unpaired) electrons. The summed E-state index contributed by atoms with van der Waals surface area (Å²) in [5.74, 6) is 0. The zero-order valence-corrected chi connectivity index (χ0v) is 10.3. The second-order valence-electron chi connectivity index (χ2n) is 1.06. The van der Waals surface area contributed by atoms with Crippen molar-refractivity contribution < 1.29 is 85.7 Å². The molecule has 0 aliphatic carbocycles. The molecule has 0 fully saturated rings. The van der Waals surface area contributed by atoms with Crippen molar-refractivity contribution in [1.82, 2.24) is 0 Å². The Balaban J connectivity index is -0.000000107. The zero-order chi connectivity index (χ0) is 7.71. The van der Waals surface area contributed by atoms with E-state index in [0.717, 1.165) is 0 Å². The third kappa shape index (κ3) is 22.6. The van der Waals surface area contributed by atoms with Gasteiger partial charge < -0.3 is 30.5 Å². The minimum atomic E-state index is -5.05. The van der Waals surface area contributed by atoms with Crippen LogP contribution in [0.2, 0.25) is 0 Å². The molecule has 0 saturated carbocycles. The van der Waals surface area contributed by atoms with Gasteiger partial charge in [-0.1, -0.05) is 0 Å². The maximum Gasteiger partial charge on any atom is 0.478 e. The van der Waals surface area contributed by atoms with Gasteiger partial charge in [0.15, 0.2) is 0 Å². The van der Waals surface area contributed by atoms with Crippen LogP contribution in [0.1, 0.15) is 0 Å². The number of rotatable bonds is 2. The monoisotopic (exact) mass is 354 g/mol. The molecule has 0 atom stereocenters. The summed E-state index contributed by atoms with van der Waals surface area (Å²) >= 11 is 0. The fourth-order valence-electron chi connectivity index (χ4n) is 0.139. The van der Waals surface area contributed by atoms with Gasteiger partial charge in [-0.3, -0.25) is 0 Å². The van der Waals surface area contributed by atoms with E-state index in [1.54, 1.807) is 0 Å². The SMILES string of the molecule is O.O.O=P(O)(O)OP(=O)(O)O.[Ce]. The van der Waals surface area contributed by atoms with Crippen LogP contribution in [0.3, 0.4) is 0 Å². The number of hydrogen-bond acceptors (Lipinski definition) is 3. The summed E-state index contributed by atoms with van der Waals surface area (Å²) in [4.78, 5) is 31.0. The molecule has 0 heterocycles. The maximum atomic E-state index is 9.63. The Labute approximate surface area is 101 Å². The molecule has 9 nitrogen and oxygen atoms in total. The van der Waals surface area contributed by atoms with Gasteiger partial charge in [0.1, 0.15) is 0 Å². The standard InChI is InChI=1S/Ce.H4O7P2.2H2O/c;1-8(2,3)7-9(4,5)6;;/h;(H2,1,2,3)(H2,4,5,6);2*1H2. The third-order valence-corrected chi connectivity index (χ3v) is 1.91. The molecule has 0 aromatic carbocycles. The molecule has 0 bridgehead atoms. The van der Waals surface area contributed by atoms with Crippen molar-refractivity contribution in [3.8, 4) is 0 Å². The second-order valence-corrected chi connectivity index (χ2v) is 3.68. The summed E-state index contributed by atoms with van der Waals surface area (Å²) in [6.45, 7) is 0. The Morgan fingerprint density at radius 1 is 0.833 bits per heavy atom. The summed E-state index contributed by atoms with van der Waals surface area (Å²) < 4.78 is 22.2. The second kappa shape index (κ2) is 7.91. The topological polar surface area (TPSA) is 187 Å². The van der Waals surface area contributed by atoms with Crippen molar-refractivity contribution in [3.63, 3.8) is 0 Å². The number of phosphoric acid groups is 2. The average molecular weight is 354 g/mol. The van der Waals surface area contributed by atoms with Crippen LogP contribution >= 0.6 is 15.6 Å². The van der Waals surface area contributed by atoms with Crippen LogP contribution in [0.5, 0.6) is 0 Å². The molecule has 0 aliphatic rings. The van der Waals surface area contributed by atoms with Gasteiger partial charge in [-0.2, -0.15) is 4.31 Å². The molecule has 0 amide bonds. The van der Waals surface area contributed by atoms with Gasteiger partial charge in [0.05, 0.1) is 0 Å². The largest absolute Gasteiger partial charge is 0.478 e. The normalized spacial score (nSPS) is 10.3. The third-order valence-electron chi connectivity index (χ3n) is 0.213. The predicted octanol–water partition coefficient (Wildman–Crippen LogP) is -2.46. The summed E-state index contributed by atoms with van der Waals surface area (Å²) in [5.41, 5.74) is 0. The molecule has 0 saturated heterocycles. The van der Waals surface area contributed by atoms with E-state index in [2.05, 4.69) is 4.31 Å². The molecular weight excluding hydrogens is 346 g/mol. The van der Waals surface area contributed by atoms with Crippen LogP contribution in [0, 0.1) is 41.7 Å². The van der Waals surface area contributed by atoms with Crippen molar-refractivity contribution in [1.29, 1.82) is 0 Å². The molecule has 0 rings (SSSR count). The smallest absolute Gasteiger partial charge is 0.412 e. The van der Waals surface area contributed by atoms with Crippen molar-refractivity contribution in [3.05, 3.63) is 0 Å². The minimum Gasteiger partial charge on any atom is -0.412 e. The summed E-state index contributed by atoms with van der Waals surface area (Å²) in [6.07, 6.45) is 0. The molecule has 0 aromatic heterocycles. The summed E-state index contributed by atoms with van der Waals surface area (Å²) in [5, 5.41) is 0. The van der Waals surface area contributed by atoms with Gasteiger partial charge in [-0.25, -0.2) is 9.13 Å². The van der Waals surface area contributed by atoms with E-state index < -0.39 is 15.6 Å². The van der Waals surface area contributed by atoms with Gasteiger partial charge >= 0.3 is 15.6 Å². The van der Waals surface area contributed by atoms with E-state index in [9.17, 15) is 9.13 Å². The van der Waals surface area contributed by atoms with Crippen molar-refractivity contribution in [2.45, 2.75) is 0 Å². The first kappa shape index (κ1) is 23.4. The fourth-order valence-corrected chi connectivity index (χ4v) is 1.25. The van der Waals surface area contributed by atoms with Crippen LogP contribution in [-0.4, -0.2) is 30.5 Å². The molecule has 0 spiro atoms. The Morgan fingerprint density at radius 2 is 1.00 bits per heavy atom. The molecule has 8 N–H and O–H groups in total. The van der Waals surface area contributed by atoms with Gasteiger partial charge in [-0.15, -0.1) is 0 Å². The molecule has 12 heavy (non-hydrogen) atoms. The number of hydrogen-bond donors (Lipinski definition) is 4. The van der Waals surface area contributed by atoms with Crippen LogP contribution in [0.25, 0.3) is 0 Å². The average Bonchev–Trinajstić information content (AvgIpc) is 1.14. The van der Waals surface area contributed by atoms with Crippen LogP contribution < -0.4 is 0 Å². The Hall–Kier alpha value is 1.56. The first-order valence-corrected chi connectivity index (χ1v) is 4.59. The Morgan fingerprint density at radius 3 is 1.00 bits per heavy atom. The molecule has 76 valence electrons. The van der Waals surface area contributed by atoms with E-state index in [-0.39, 0.29) is 52.7 Å². The molecule has 0 aliphatic heterocycles.